The van der Waals surface area contributed by atoms with Crippen LogP contribution in [0.1, 0.15) is 6.92 Å². The van der Waals surface area contributed by atoms with E-state index < -0.39 is 18.1 Å². The standard InChI is InChI=1S/C4H11NO2.C2H4O3/c1-4(5,2-6)3-7;3-1-2(4)5/h6-7H,2-3,5H2,1H3;3H,1H2,(H,4,5). The van der Waals surface area contributed by atoms with Gasteiger partial charge >= 0.3 is 5.97 Å². The van der Waals surface area contributed by atoms with E-state index in [0.29, 0.717) is 0 Å². The second-order valence-electron chi connectivity index (χ2n) is 2.52. The van der Waals surface area contributed by atoms with Gasteiger partial charge in [-0.1, -0.05) is 0 Å². The fraction of sp³-hybridized carbons (Fsp3) is 0.833. The van der Waals surface area contributed by atoms with Gasteiger partial charge in [-0.05, 0) is 6.92 Å². The Hall–Kier alpha value is -0.690. The third kappa shape index (κ3) is 12.0. The average molecular weight is 181 g/mol. The Bertz CT molecular complexity index is 119. The van der Waals surface area contributed by atoms with E-state index in [1.54, 1.807) is 6.92 Å². The van der Waals surface area contributed by atoms with Crippen LogP contribution in [0.15, 0.2) is 0 Å². The number of rotatable bonds is 3. The van der Waals surface area contributed by atoms with Gasteiger partial charge in [0.1, 0.15) is 6.61 Å². The Labute approximate surface area is 70.2 Å². The zero-order chi connectivity index (χ0) is 10.2. The zero-order valence-electron chi connectivity index (χ0n) is 6.90. The molecule has 0 aliphatic heterocycles. The first kappa shape index (κ1) is 13.9. The van der Waals surface area contributed by atoms with Crippen LogP contribution in [0.5, 0.6) is 0 Å². The Morgan fingerprint density at radius 1 is 1.33 bits per heavy atom. The molecule has 0 aliphatic rings. The molecule has 6 nitrogen and oxygen atoms in total. The number of carboxylic acid groups (broad SMARTS) is 1. The van der Waals surface area contributed by atoms with E-state index in [2.05, 4.69) is 0 Å². The third-order valence-electron chi connectivity index (χ3n) is 0.858. The first-order valence-electron chi connectivity index (χ1n) is 3.23. The molecule has 0 atom stereocenters. The quantitative estimate of drug-likeness (QED) is 0.335. The van der Waals surface area contributed by atoms with Crippen molar-refractivity contribution < 1.29 is 25.2 Å². The number of hydrogen-bond acceptors (Lipinski definition) is 5. The Kier molecular flexibility index (Phi) is 8.07. The summed E-state index contributed by atoms with van der Waals surface area (Å²) in [6, 6.07) is 0. The summed E-state index contributed by atoms with van der Waals surface area (Å²) in [7, 11) is 0. The summed E-state index contributed by atoms with van der Waals surface area (Å²) in [5.74, 6) is -1.19. The van der Waals surface area contributed by atoms with Crippen molar-refractivity contribution in [3.8, 4) is 0 Å². The summed E-state index contributed by atoms with van der Waals surface area (Å²) in [5, 5.41) is 31.6. The minimum absolute atomic E-state index is 0.177. The van der Waals surface area contributed by atoms with Gasteiger partial charge in [-0.15, -0.1) is 0 Å². The number of nitrogens with two attached hydrogens (primary N) is 1. The fourth-order valence-corrected chi connectivity index (χ4v) is 0.0500. The van der Waals surface area contributed by atoms with E-state index in [1.165, 1.54) is 0 Å². The second-order valence-corrected chi connectivity index (χ2v) is 2.52. The molecule has 6 N–H and O–H groups in total. The van der Waals surface area contributed by atoms with Crippen molar-refractivity contribution in [2.75, 3.05) is 19.8 Å². The van der Waals surface area contributed by atoms with Gasteiger partial charge in [0.05, 0.1) is 18.8 Å². The van der Waals surface area contributed by atoms with Crippen molar-refractivity contribution in [2.24, 2.45) is 5.73 Å². The average Bonchev–Trinajstić information content (AvgIpc) is 2.05. The molecule has 0 saturated heterocycles. The molecule has 0 rings (SSSR count). The van der Waals surface area contributed by atoms with Crippen LogP contribution in [0, 0.1) is 0 Å². The number of carboxylic acids is 1. The molecule has 0 fully saturated rings. The van der Waals surface area contributed by atoms with Crippen LogP contribution in [0.4, 0.5) is 0 Å². The molecule has 0 bridgehead atoms. The number of aliphatic hydroxyl groups excluding tert-OH is 3. The first-order chi connectivity index (χ1) is 5.39. The highest BCUT2D eigenvalue weighted by Gasteiger charge is 2.13. The number of aliphatic carboxylic acids is 1. The summed E-state index contributed by atoms with van der Waals surface area (Å²) >= 11 is 0. The predicted molar refractivity (Wildman–Crippen MR) is 41.5 cm³/mol. The molecule has 0 heterocycles. The second kappa shape index (κ2) is 6.99. The highest BCUT2D eigenvalue weighted by atomic mass is 16.4. The molecule has 0 aliphatic carbocycles. The van der Waals surface area contributed by atoms with E-state index in [9.17, 15) is 0 Å². The van der Waals surface area contributed by atoms with E-state index in [-0.39, 0.29) is 13.2 Å². The largest absolute Gasteiger partial charge is 0.480 e. The lowest BCUT2D eigenvalue weighted by molar-refractivity contribution is -0.140. The van der Waals surface area contributed by atoms with Crippen LogP contribution >= 0.6 is 0 Å². The van der Waals surface area contributed by atoms with Crippen molar-refractivity contribution in [1.29, 1.82) is 0 Å². The normalized spacial score (nSPS) is 10.1. The predicted octanol–water partition coefficient (Wildman–Crippen LogP) is -2.25. The summed E-state index contributed by atoms with van der Waals surface area (Å²) in [5.41, 5.74) is 4.41. The molecule has 0 aromatic heterocycles. The van der Waals surface area contributed by atoms with Crippen molar-refractivity contribution >= 4 is 5.97 Å². The molecule has 0 amide bonds. The summed E-state index contributed by atoms with van der Waals surface area (Å²) in [6.07, 6.45) is 0. The lowest BCUT2D eigenvalue weighted by Crippen LogP contribution is -2.43. The Balaban J connectivity index is 0. The summed E-state index contributed by atoms with van der Waals surface area (Å²) in [4.78, 5) is 9.12. The van der Waals surface area contributed by atoms with Crippen molar-refractivity contribution in [3.63, 3.8) is 0 Å². The molecule has 0 aromatic rings. The number of aliphatic hydroxyl groups is 3. The zero-order valence-corrected chi connectivity index (χ0v) is 6.90. The van der Waals surface area contributed by atoms with Gasteiger partial charge in [-0.2, -0.15) is 0 Å². The van der Waals surface area contributed by atoms with Gasteiger partial charge in [-0.25, -0.2) is 4.79 Å². The monoisotopic (exact) mass is 181 g/mol. The van der Waals surface area contributed by atoms with E-state index >= 15 is 0 Å². The summed E-state index contributed by atoms with van der Waals surface area (Å²) < 4.78 is 0. The van der Waals surface area contributed by atoms with Crippen LogP contribution in [0.3, 0.4) is 0 Å². The molecule has 0 radical (unpaired) electrons. The highest BCUT2D eigenvalue weighted by molar-refractivity contribution is 5.67. The molecule has 0 unspecified atom stereocenters. The van der Waals surface area contributed by atoms with Gasteiger partial charge in [-0.3, -0.25) is 0 Å². The fourth-order valence-electron chi connectivity index (χ4n) is 0.0500. The van der Waals surface area contributed by atoms with Crippen LogP contribution in [-0.4, -0.2) is 51.8 Å². The molecular weight excluding hydrogens is 166 g/mol. The van der Waals surface area contributed by atoms with Crippen LogP contribution in [0.25, 0.3) is 0 Å². The van der Waals surface area contributed by atoms with Gasteiger partial charge < -0.3 is 26.2 Å². The smallest absolute Gasteiger partial charge is 0.329 e. The van der Waals surface area contributed by atoms with Crippen LogP contribution in [-0.2, 0) is 4.79 Å². The van der Waals surface area contributed by atoms with Gasteiger partial charge in [0.2, 0.25) is 0 Å². The lowest BCUT2D eigenvalue weighted by Gasteiger charge is -2.16. The maximum absolute atomic E-state index is 9.12. The van der Waals surface area contributed by atoms with Crippen LogP contribution < -0.4 is 5.73 Å². The third-order valence-corrected chi connectivity index (χ3v) is 0.858. The van der Waals surface area contributed by atoms with E-state index in [0.717, 1.165) is 0 Å². The Morgan fingerprint density at radius 2 is 1.58 bits per heavy atom. The molecule has 74 valence electrons. The van der Waals surface area contributed by atoms with Gasteiger partial charge in [0, 0.05) is 0 Å². The van der Waals surface area contributed by atoms with E-state index in [4.69, 9.17) is 31.0 Å². The first-order valence-corrected chi connectivity index (χ1v) is 3.23. The number of carbonyl (C=O) groups is 1. The van der Waals surface area contributed by atoms with Crippen molar-refractivity contribution in [3.05, 3.63) is 0 Å². The van der Waals surface area contributed by atoms with Crippen molar-refractivity contribution in [2.45, 2.75) is 12.5 Å². The van der Waals surface area contributed by atoms with Crippen LogP contribution in [0.2, 0.25) is 0 Å². The molecule has 0 aromatic carbocycles. The molecule has 6 heteroatoms. The van der Waals surface area contributed by atoms with E-state index in [1.807, 2.05) is 0 Å². The molecular formula is C6H15NO5. The van der Waals surface area contributed by atoms with Gasteiger partial charge in [0.15, 0.2) is 0 Å². The minimum Gasteiger partial charge on any atom is -0.480 e. The Morgan fingerprint density at radius 3 is 1.58 bits per heavy atom. The SMILES string of the molecule is CC(N)(CO)CO.O=C(O)CO. The topological polar surface area (TPSA) is 124 Å². The molecule has 0 spiro atoms. The van der Waals surface area contributed by atoms with Crippen molar-refractivity contribution in [1.82, 2.24) is 0 Å². The molecule has 12 heavy (non-hydrogen) atoms. The highest BCUT2D eigenvalue weighted by Crippen LogP contribution is 1.91. The minimum atomic E-state index is -1.19. The lowest BCUT2D eigenvalue weighted by atomic mass is 10.1. The molecule has 0 saturated carbocycles. The van der Waals surface area contributed by atoms with Gasteiger partial charge in [0.25, 0.3) is 0 Å². The number of hydrogen-bond donors (Lipinski definition) is 5. The maximum atomic E-state index is 9.12. The summed E-state index contributed by atoms with van der Waals surface area (Å²) in [6.45, 7) is 0.444. The maximum Gasteiger partial charge on any atom is 0.329 e.